The minimum absolute atomic E-state index is 1.11. The van der Waals surface area contributed by atoms with Gasteiger partial charge in [0.15, 0.2) is 0 Å². The minimum Gasteiger partial charge on any atom is -0.271 e. The smallest absolute Gasteiger partial charge is 0.0635 e. The molecule has 1 aliphatic rings. The Labute approximate surface area is 87.5 Å². The number of hydrogen-bond donors (Lipinski definition) is 0. The summed E-state index contributed by atoms with van der Waals surface area (Å²) >= 11 is 3.53. The normalized spacial score (nSPS) is 18.3. The fourth-order valence-corrected chi connectivity index (χ4v) is 2.41. The average Bonchev–Trinajstić information content (AvgIpc) is 2.70. The van der Waals surface area contributed by atoms with Gasteiger partial charge in [0.1, 0.15) is 0 Å². The Balaban J connectivity index is 2.07. The average molecular weight is 242 g/mol. The van der Waals surface area contributed by atoms with E-state index in [4.69, 9.17) is 0 Å². The first kappa shape index (κ1) is 9.25. The maximum absolute atomic E-state index is 4.21. The lowest BCUT2D eigenvalue weighted by Crippen LogP contribution is -2.03. The molecular weight excluding hydrogens is 228 g/mol. The largest absolute Gasteiger partial charge is 0.271 e. The van der Waals surface area contributed by atoms with Gasteiger partial charge in [0.05, 0.1) is 16.4 Å². The second-order valence-electron chi connectivity index (χ2n) is 3.70. The predicted octanol–water partition coefficient (Wildman–Crippen LogP) is 2.87. The van der Waals surface area contributed by atoms with Gasteiger partial charge in [-0.15, -0.1) is 0 Å². The number of nitrogens with zero attached hydrogens (tertiary/aromatic N) is 2. The van der Waals surface area contributed by atoms with E-state index < -0.39 is 0 Å². The van der Waals surface area contributed by atoms with E-state index >= 15 is 0 Å². The van der Waals surface area contributed by atoms with Crippen molar-refractivity contribution in [1.82, 2.24) is 9.78 Å². The van der Waals surface area contributed by atoms with E-state index in [-0.39, 0.29) is 0 Å². The van der Waals surface area contributed by atoms with Crippen LogP contribution in [0.15, 0.2) is 10.7 Å². The van der Waals surface area contributed by atoms with Crippen LogP contribution in [0.1, 0.15) is 31.4 Å². The molecule has 1 aromatic heterocycles. The maximum Gasteiger partial charge on any atom is 0.0635 e. The summed E-state index contributed by atoms with van der Waals surface area (Å²) < 4.78 is 3.12. The number of rotatable bonds is 2. The molecule has 2 nitrogen and oxygen atoms in total. The SMILES string of the molecule is Cn1ncc(Br)c1C[C]1CCCC1. The van der Waals surface area contributed by atoms with Crippen molar-refractivity contribution in [3.05, 3.63) is 22.3 Å². The summed E-state index contributed by atoms with van der Waals surface area (Å²) in [4.78, 5) is 0. The lowest BCUT2D eigenvalue weighted by Gasteiger charge is -2.08. The zero-order chi connectivity index (χ0) is 9.26. The van der Waals surface area contributed by atoms with Crippen molar-refractivity contribution >= 4 is 15.9 Å². The van der Waals surface area contributed by atoms with Gasteiger partial charge in [-0.2, -0.15) is 5.10 Å². The van der Waals surface area contributed by atoms with Crippen LogP contribution in [0.25, 0.3) is 0 Å². The van der Waals surface area contributed by atoms with Gasteiger partial charge in [-0.25, -0.2) is 0 Å². The van der Waals surface area contributed by atoms with Gasteiger partial charge in [-0.1, -0.05) is 12.8 Å². The summed E-state index contributed by atoms with van der Waals surface area (Å²) in [5.74, 6) is 1.68. The maximum atomic E-state index is 4.21. The molecule has 13 heavy (non-hydrogen) atoms. The highest BCUT2D eigenvalue weighted by Crippen LogP contribution is 2.31. The number of aromatic nitrogens is 2. The minimum atomic E-state index is 1.11. The molecule has 1 aliphatic carbocycles. The Hall–Kier alpha value is -0.310. The highest BCUT2D eigenvalue weighted by Gasteiger charge is 2.18. The van der Waals surface area contributed by atoms with Crippen molar-refractivity contribution in [1.29, 1.82) is 0 Å². The third-order valence-corrected chi connectivity index (χ3v) is 3.40. The Morgan fingerprint density at radius 1 is 1.46 bits per heavy atom. The third kappa shape index (κ3) is 1.96. The lowest BCUT2D eigenvalue weighted by molar-refractivity contribution is 0.690. The molecule has 0 N–H and O–H groups in total. The molecule has 3 heteroatoms. The third-order valence-electron chi connectivity index (χ3n) is 2.74. The van der Waals surface area contributed by atoms with E-state index in [9.17, 15) is 0 Å². The molecule has 1 heterocycles. The molecule has 0 aromatic carbocycles. The summed E-state index contributed by atoms with van der Waals surface area (Å²) in [6.07, 6.45) is 8.38. The zero-order valence-electron chi connectivity index (χ0n) is 7.89. The Morgan fingerprint density at radius 2 is 2.15 bits per heavy atom. The van der Waals surface area contributed by atoms with Gasteiger partial charge >= 0.3 is 0 Å². The van der Waals surface area contributed by atoms with Crippen LogP contribution < -0.4 is 0 Å². The standard InChI is InChI=1S/C10H14BrN2/c1-13-10(9(11)7-12-13)6-8-4-2-3-5-8/h7H,2-6H2,1H3. The molecule has 0 unspecified atom stereocenters. The predicted molar refractivity (Wildman–Crippen MR) is 56.3 cm³/mol. The highest BCUT2D eigenvalue weighted by molar-refractivity contribution is 9.10. The highest BCUT2D eigenvalue weighted by atomic mass is 79.9. The summed E-state index contributed by atoms with van der Waals surface area (Å²) in [5.41, 5.74) is 1.32. The van der Waals surface area contributed by atoms with Crippen LogP contribution in [0.5, 0.6) is 0 Å². The van der Waals surface area contributed by atoms with E-state index in [0.717, 1.165) is 10.9 Å². The molecule has 0 saturated heterocycles. The quantitative estimate of drug-likeness (QED) is 0.779. The molecule has 71 valence electrons. The molecule has 1 radical (unpaired) electrons. The Morgan fingerprint density at radius 3 is 2.69 bits per heavy atom. The van der Waals surface area contributed by atoms with Crippen molar-refractivity contribution < 1.29 is 0 Å². The van der Waals surface area contributed by atoms with Gasteiger partial charge in [0.2, 0.25) is 0 Å². The van der Waals surface area contributed by atoms with E-state index in [0.29, 0.717) is 0 Å². The van der Waals surface area contributed by atoms with Crippen molar-refractivity contribution in [2.24, 2.45) is 7.05 Å². The lowest BCUT2D eigenvalue weighted by atomic mass is 10.0. The monoisotopic (exact) mass is 241 g/mol. The first-order valence-electron chi connectivity index (χ1n) is 4.77. The van der Waals surface area contributed by atoms with Crippen LogP contribution in [0.2, 0.25) is 0 Å². The van der Waals surface area contributed by atoms with Gasteiger partial charge in [-0.3, -0.25) is 4.68 Å². The molecular formula is C10H14BrN2. The zero-order valence-corrected chi connectivity index (χ0v) is 9.47. The van der Waals surface area contributed by atoms with Crippen LogP contribution in [0.4, 0.5) is 0 Å². The fraction of sp³-hybridized carbons (Fsp3) is 0.600. The summed E-state index contributed by atoms with van der Waals surface area (Å²) in [6, 6.07) is 0. The molecule has 1 saturated carbocycles. The second kappa shape index (κ2) is 3.82. The number of hydrogen-bond acceptors (Lipinski definition) is 1. The van der Waals surface area contributed by atoms with Crippen LogP contribution in [0.3, 0.4) is 0 Å². The van der Waals surface area contributed by atoms with Crippen molar-refractivity contribution in [3.8, 4) is 0 Å². The van der Waals surface area contributed by atoms with E-state index in [1.54, 1.807) is 5.92 Å². The molecule has 0 amide bonds. The second-order valence-corrected chi connectivity index (χ2v) is 4.55. The van der Waals surface area contributed by atoms with Gasteiger partial charge in [-0.05, 0) is 41.1 Å². The molecule has 1 fully saturated rings. The van der Waals surface area contributed by atoms with E-state index in [1.165, 1.54) is 31.4 Å². The van der Waals surface area contributed by atoms with Gasteiger partial charge in [0, 0.05) is 7.05 Å². The first-order chi connectivity index (χ1) is 6.27. The Bertz CT molecular complexity index is 268. The van der Waals surface area contributed by atoms with Crippen LogP contribution in [-0.2, 0) is 13.5 Å². The number of halogens is 1. The molecule has 1 aromatic rings. The summed E-state index contributed by atoms with van der Waals surface area (Å²) in [7, 11) is 2.01. The van der Waals surface area contributed by atoms with Gasteiger partial charge in [0.25, 0.3) is 0 Å². The van der Waals surface area contributed by atoms with E-state index in [2.05, 4.69) is 21.0 Å². The molecule has 0 spiro atoms. The fourth-order valence-electron chi connectivity index (χ4n) is 1.92. The van der Waals surface area contributed by atoms with E-state index in [1.807, 2.05) is 17.9 Å². The molecule has 2 rings (SSSR count). The topological polar surface area (TPSA) is 17.8 Å². The molecule has 0 aliphatic heterocycles. The van der Waals surface area contributed by atoms with Crippen LogP contribution in [-0.4, -0.2) is 9.78 Å². The summed E-state index contributed by atoms with van der Waals surface area (Å²) in [5, 5.41) is 4.21. The van der Waals surface area contributed by atoms with Crippen molar-refractivity contribution in [2.45, 2.75) is 32.1 Å². The molecule has 0 bridgehead atoms. The summed E-state index contributed by atoms with van der Waals surface area (Å²) in [6.45, 7) is 0. The Kier molecular flexibility index (Phi) is 2.72. The van der Waals surface area contributed by atoms with Crippen LogP contribution in [0, 0.1) is 5.92 Å². The van der Waals surface area contributed by atoms with Crippen LogP contribution >= 0.6 is 15.9 Å². The molecule has 0 atom stereocenters. The van der Waals surface area contributed by atoms with Crippen molar-refractivity contribution in [2.75, 3.05) is 0 Å². The van der Waals surface area contributed by atoms with Gasteiger partial charge < -0.3 is 0 Å². The first-order valence-corrected chi connectivity index (χ1v) is 5.56. The van der Waals surface area contributed by atoms with Crippen molar-refractivity contribution in [3.63, 3.8) is 0 Å². The number of aryl methyl sites for hydroxylation is 1.